The van der Waals surface area contributed by atoms with E-state index in [4.69, 9.17) is 21.9 Å². The van der Waals surface area contributed by atoms with Gasteiger partial charge in [0, 0.05) is 12.2 Å². The molecule has 1 N–H and O–H groups in total. The first-order valence-corrected chi connectivity index (χ1v) is 12.8. The number of hydrogen-bond donors (Lipinski definition) is 1. The molecule has 35 heavy (non-hydrogen) atoms. The Balaban J connectivity index is 1.51. The van der Waals surface area contributed by atoms with E-state index < -0.39 is 0 Å². The van der Waals surface area contributed by atoms with Crippen LogP contribution >= 0.6 is 24.0 Å². The Kier molecular flexibility index (Phi) is 6.62. The van der Waals surface area contributed by atoms with Crippen LogP contribution in [0.5, 0.6) is 5.75 Å². The van der Waals surface area contributed by atoms with E-state index in [0.29, 0.717) is 32.8 Å². The molecular weight excluding hydrogens is 480 g/mol. The van der Waals surface area contributed by atoms with Gasteiger partial charge in [-0.25, -0.2) is 4.98 Å². The molecule has 7 nitrogen and oxygen atoms in total. The van der Waals surface area contributed by atoms with Crippen molar-refractivity contribution in [2.75, 3.05) is 12.4 Å². The lowest BCUT2D eigenvalue weighted by molar-refractivity contribution is -0.122. The van der Waals surface area contributed by atoms with Crippen molar-refractivity contribution in [2.24, 2.45) is 0 Å². The lowest BCUT2D eigenvalue weighted by Crippen LogP contribution is -2.27. The molecule has 5 rings (SSSR count). The Morgan fingerprint density at radius 1 is 1.20 bits per heavy atom. The molecule has 0 bridgehead atoms. The van der Waals surface area contributed by atoms with Crippen LogP contribution in [0.4, 0.5) is 5.82 Å². The number of anilines is 1. The second-order valence-electron chi connectivity index (χ2n) is 8.81. The molecule has 3 aromatic rings. The summed E-state index contributed by atoms with van der Waals surface area (Å²) in [4.78, 5) is 33.7. The Morgan fingerprint density at radius 3 is 2.66 bits per heavy atom. The van der Waals surface area contributed by atoms with Crippen LogP contribution in [0.15, 0.2) is 52.3 Å². The van der Waals surface area contributed by atoms with Gasteiger partial charge in [-0.05, 0) is 55.2 Å². The monoisotopic (exact) mass is 506 g/mol. The summed E-state index contributed by atoms with van der Waals surface area (Å²) in [6.45, 7) is 2.29. The van der Waals surface area contributed by atoms with Gasteiger partial charge >= 0.3 is 0 Å². The highest BCUT2D eigenvalue weighted by Crippen LogP contribution is 2.34. The Labute approximate surface area is 213 Å². The minimum atomic E-state index is -0.212. The van der Waals surface area contributed by atoms with Crippen LogP contribution in [0.3, 0.4) is 0 Å². The standard InChI is InChI=1S/C26H26N4O3S2/c1-16-6-5-13-29-23(16)28-22(27-18-7-3-4-8-18)20(24(29)31)14-21-25(32)30(26(34)35-21)15-17-9-11-19(33-2)12-10-17/h5-6,9-14,18,27H,3-4,7-8,15H2,1-2H3. The van der Waals surface area contributed by atoms with E-state index in [2.05, 4.69) is 5.32 Å². The number of hydrogen-bond acceptors (Lipinski definition) is 7. The molecule has 1 aliphatic heterocycles. The predicted octanol–water partition coefficient (Wildman–Crippen LogP) is 4.77. The number of pyridine rings is 1. The molecule has 1 aromatic carbocycles. The maximum Gasteiger partial charge on any atom is 0.267 e. The molecule has 3 heterocycles. The second kappa shape index (κ2) is 9.83. The summed E-state index contributed by atoms with van der Waals surface area (Å²) in [6.07, 6.45) is 7.75. The molecule has 1 saturated heterocycles. The van der Waals surface area contributed by atoms with Crippen molar-refractivity contribution in [3.63, 3.8) is 0 Å². The number of carbonyl (C=O) groups is 1. The molecule has 1 amide bonds. The summed E-state index contributed by atoms with van der Waals surface area (Å²) < 4.78 is 7.22. The highest BCUT2D eigenvalue weighted by molar-refractivity contribution is 8.26. The molecule has 0 atom stereocenters. The fourth-order valence-electron chi connectivity index (χ4n) is 4.50. The average molecular weight is 507 g/mol. The van der Waals surface area contributed by atoms with Crippen LogP contribution in [0.2, 0.25) is 0 Å². The molecular formula is C26H26N4O3S2. The Bertz CT molecular complexity index is 1390. The molecule has 9 heteroatoms. The highest BCUT2D eigenvalue weighted by atomic mass is 32.2. The molecule has 180 valence electrons. The molecule has 0 unspecified atom stereocenters. The van der Waals surface area contributed by atoms with Gasteiger partial charge < -0.3 is 10.1 Å². The zero-order valence-corrected chi connectivity index (χ0v) is 21.2. The van der Waals surface area contributed by atoms with Crippen molar-refractivity contribution in [3.8, 4) is 5.75 Å². The van der Waals surface area contributed by atoms with E-state index >= 15 is 0 Å². The number of aromatic nitrogens is 2. The molecule has 2 fully saturated rings. The first-order valence-electron chi connectivity index (χ1n) is 11.6. The maximum absolute atomic E-state index is 13.5. The van der Waals surface area contributed by atoms with Gasteiger partial charge in [-0.15, -0.1) is 0 Å². The van der Waals surface area contributed by atoms with Crippen molar-refractivity contribution in [2.45, 2.75) is 45.2 Å². The van der Waals surface area contributed by atoms with E-state index in [0.717, 1.165) is 42.6 Å². The fraction of sp³-hybridized carbons (Fsp3) is 0.308. The predicted molar refractivity (Wildman–Crippen MR) is 144 cm³/mol. The molecule has 0 spiro atoms. The van der Waals surface area contributed by atoms with Gasteiger partial charge in [0.2, 0.25) is 0 Å². The van der Waals surface area contributed by atoms with Crippen LogP contribution < -0.4 is 15.6 Å². The first-order chi connectivity index (χ1) is 16.9. The summed E-state index contributed by atoms with van der Waals surface area (Å²) in [5.41, 5.74) is 2.64. The van der Waals surface area contributed by atoms with E-state index in [-0.39, 0.29) is 17.5 Å². The zero-order valence-electron chi connectivity index (χ0n) is 19.6. The number of carbonyl (C=O) groups excluding carboxylic acids is 1. The normalized spacial score (nSPS) is 17.7. The number of aryl methyl sites for hydroxylation is 1. The number of benzene rings is 1. The average Bonchev–Trinajstić information content (AvgIpc) is 3.46. The zero-order chi connectivity index (χ0) is 24.5. The Hall–Kier alpha value is -3.17. The van der Waals surface area contributed by atoms with E-state index in [1.165, 1.54) is 11.8 Å². The number of ether oxygens (including phenoxy) is 1. The van der Waals surface area contributed by atoms with Gasteiger partial charge in [0.25, 0.3) is 11.5 Å². The summed E-state index contributed by atoms with van der Waals surface area (Å²) in [6, 6.07) is 11.6. The number of nitrogens with one attached hydrogen (secondary N) is 1. The van der Waals surface area contributed by atoms with Crippen molar-refractivity contribution in [1.29, 1.82) is 0 Å². The summed E-state index contributed by atoms with van der Waals surface area (Å²) in [5, 5.41) is 3.48. The van der Waals surface area contributed by atoms with Crippen molar-refractivity contribution in [3.05, 3.63) is 74.5 Å². The summed E-state index contributed by atoms with van der Waals surface area (Å²) in [7, 11) is 1.61. The topological polar surface area (TPSA) is 75.9 Å². The van der Waals surface area contributed by atoms with Crippen LogP contribution in [0, 0.1) is 6.92 Å². The van der Waals surface area contributed by atoms with E-state index in [1.807, 2.05) is 43.3 Å². The molecule has 2 aromatic heterocycles. The van der Waals surface area contributed by atoms with Gasteiger partial charge in [0.05, 0.1) is 24.1 Å². The van der Waals surface area contributed by atoms with Crippen molar-refractivity contribution >= 4 is 51.7 Å². The Morgan fingerprint density at radius 2 is 1.94 bits per heavy atom. The summed E-state index contributed by atoms with van der Waals surface area (Å²) in [5.74, 6) is 1.06. The summed E-state index contributed by atoms with van der Waals surface area (Å²) >= 11 is 6.73. The quantitative estimate of drug-likeness (QED) is 0.381. The van der Waals surface area contributed by atoms with Gasteiger partial charge in [-0.2, -0.15) is 0 Å². The number of amides is 1. The van der Waals surface area contributed by atoms with Crippen LogP contribution in [0.1, 0.15) is 42.4 Å². The van der Waals surface area contributed by atoms with Crippen molar-refractivity contribution < 1.29 is 9.53 Å². The fourth-order valence-corrected chi connectivity index (χ4v) is 5.73. The third-order valence-corrected chi connectivity index (χ3v) is 7.81. The lowest BCUT2D eigenvalue weighted by Gasteiger charge is -2.16. The molecule has 0 radical (unpaired) electrons. The smallest absolute Gasteiger partial charge is 0.267 e. The van der Waals surface area contributed by atoms with Gasteiger partial charge in [0.1, 0.15) is 21.5 Å². The number of thioether (sulfide) groups is 1. The van der Waals surface area contributed by atoms with Gasteiger partial charge in [-0.3, -0.25) is 18.9 Å². The third-order valence-electron chi connectivity index (χ3n) is 6.43. The second-order valence-corrected chi connectivity index (χ2v) is 10.5. The van der Waals surface area contributed by atoms with Gasteiger partial charge in [-0.1, -0.05) is 55.0 Å². The first kappa shape index (κ1) is 23.6. The third kappa shape index (κ3) is 4.70. The molecule has 1 saturated carbocycles. The largest absolute Gasteiger partial charge is 0.497 e. The van der Waals surface area contributed by atoms with Gasteiger partial charge in [0.15, 0.2) is 0 Å². The van der Waals surface area contributed by atoms with Crippen LogP contribution in [0.25, 0.3) is 11.7 Å². The van der Waals surface area contributed by atoms with Crippen molar-refractivity contribution in [1.82, 2.24) is 14.3 Å². The number of fused-ring (bicyclic) bond motifs is 1. The minimum absolute atomic E-state index is 0.209. The number of nitrogens with zero attached hydrogens (tertiary/aromatic N) is 3. The van der Waals surface area contributed by atoms with E-state index in [1.54, 1.807) is 28.7 Å². The SMILES string of the molecule is COc1ccc(CN2C(=O)C(=Cc3c(NC4CCCC4)nc4c(C)cccn4c3=O)SC2=S)cc1. The highest BCUT2D eigenvalue weighted by Gasteiger charge is 2.33. The number of methoxy groups -OCH3 is 1. The maximum atomic E-state index is 13.5. The van der Waals surface area contributed by atoms with E-state index in [9.17, 15) is 9.59 Å². The van der Waals surface area contributed by atoms with Crippen LogP contribution in [-0.2, 0) is 11.3 Å². The molecule has 1 aliphatic carbocycles. The molecule has 2 aliphatic rings. The minimum Gasteiger partial charge on any atom is -0.497 e. The number of thiocarbonyl (C=S) groups is 1. The van der Waals surface area contributed by atoms with Crippen LogP contribution in [-0.4, -0.2) is 37.7 Å². The lowest BCUT2D eigenvalue weighted by atomic mass is 10.2. The number of rotatable bonds is 6.